The van der Waals surface area contributed by atoms with Gasteiger partial charge in [-0.2, -0.15) is 13.2 Å². The third-order valence-electron chi connectivity index (χ3n) is 2.16. The van der Waals surface area contributed by atoms with E-state index in [1.54, 1.807) is 0 Å². The van der Waals surface area contributed by atoms with Crippen LogP contribution in [0.2, 0.25) is 0 Å². The Kier molecular flexibility index (Phi) is 4.66. The largest absolute Gasteiger partial charge is 0.573 e. The maximum Gasteiger partial charge on any atom is 0.573 e. The summed E-state index contributed by atoms with van der Waals surface area (Å²) in [5, 5.41) is 0. The fraction of sp³-hybridized carbons (Fsp3) is 0.400. The lowest BCUT2D eigenvalue weighted by Crippen LogP contribution is -2.23. The van der Waals surface area contributed by atoms with Crippen molar-refractivity contribution < 1.29 is 40.6 Å². The molecule has 21 heavy (non-hydrogen) atoms. The number of alkyl halides is 6. The summed E-state index contributed by atoms with van der Waals surface area (Å²) in [4.78, 5) is 14.2. The topological polar surface area (TPSA) is 74.4 Å². The first-order valence-electron chi connectivity index (χ1n) is 5.15. The number of pyridine rings is 1. The van der Waals surface area contributed by atoms with Gasteiger partial charge in [-0.25, -0.2) is 9.78 Å². The zero-order chi connectivity index (χ0) is 16.4. The lowest BCUT2D eigenvalue weighted by atomic mass is 10.1. The third kappa shape index (κ3) is 4.21. The fourth-order valence-corrected chi connectivity index (χ4v) is 1.35. The minimum absolute atomic E-state index is 0.271. The summed E-state index contributed by atoms with van der Waals surface area (Å²) in [6.07, 6.45) is -10.2. The van der Waals surface area contributed by atoms with Crippen molar-refractivity contribution >= 4 is 5.97 Å². The first kappa shape index (κ1) is 17.0. The van der Waals surface area contributed by atoms with E-state index in [4.69, 9.17) is 5.73 Å². The predicted molar refractivity (Wildman–Crippen MR) is 55.2 cm³/mol. The summed E-state index contributed by atoms with van der Waals surface area (Å²) in [6.45, 7) is -0.735. The fourth-order valence-electron chi connectivity index (χ4n) is 1.35. The number of hydrogen-bond donors (Lipinski definition) is 1. The second kappa shape index (κ2) is 5.76. The Morgan fingerprint density at radius 2 is 1.86 bits per heavy atom. The Morgan fingerprint density at radius 3 is 2.24 bits per heavy atom. The lowest BCUT2D eigenvalue weighted by molar-refractivity contribution is -0.275. The summed E-state index contributed by atoms with van der Waals surface area (Å²) in [5.41, 5.74) is 1.57. The molecule has 1 heterocycles. The zero-order valence-corrected chi connectivity index (χ0v) is 10.3. The van der Waals surface area contributed by atoms with Crippen LogP contribution in [0.1, 0.15) is 21.7 Å². The maximum atomic E-state index is 12.6. The molecule has 0 aliphatic rings. The van der Waals surface area contributed by atoms with E-state index < -0.39 is 47.8 Å². The predicted octanol–water partition coefficient (Wildman–Crippen LogP) is 2.24. The molecule has 0 saturated carbocycles. The van der Waals surface area contributed by atoms with Gasteiger partial charge in [0.15, 0.2) is 11.4 Å². The highest BCUT2D eigenvalue weighted by molar-refractivity contribution is 5.90. The average molecular weight is 318 g/mol. The molecule has 0 bridgehead atoms. The number of halogens is 6. The van der Waals surface area contributed by atoms with Crippen molar-refractivity contribution in [3.05, 3.63) is 23.0 Å². The van der Waals surface area contributed by atoms with Gasteiger partial charge in [0.2, 0.25) is 0 Å². The van der Waals surface area contributed by atoms with Crippen LogP contribution in [0.4, 0.5) is 26.3 Å². The van der Waals surface area contributed by atoms with Crippen molar-refractivity contribution in [2.45, 2.75) is 19.1 Å². The molecule has 118 valence electrons. The molecule has 0 aromatic carbocycles. The molecule has 0 atom stereocenters. The first-order chi connectivity index (χ1) is 9.49. The van der Waals surface area contributed by atoms with Crippen molar-refractivity contribution in [2.24, 2.45) is 5.73 Å². The van der Waals surface area contributed by atoms with Gasteiger partial charge < -0.3 is 15.2 Å². The summed E-state index contributed by atoms with van der Waals surface area (Å²) in [7, 11) is 0.768. The summed E-state index contributed by atoms with van der Waals surface area (Å²) in [6, 6.07) is 0.271. The molecule has 2 N–H and O–H groups in total. The molecule has 11 heteroatoms. The molecular formula is C10H8F6N2O3. The van der Waals surface area contributed by atoms with E-state index in [1.807, 2.05) is 0 Å². The van der Waals surface area contributed by atoms with Gasteiger partial charge in [-0.1, -0.05) is 0 Å². The SMILES string of the molecule is COC(=O)c1nc(C(F)(F)F)cc(CN)c1OC(F)(F)F. The van der Waals surface area contributed by atoms with Crippen LogP contribution in [0.3, 0.4) is 0 Å². The number of nitrogens with two attached hydrogens (primary N) is 1. The van der Waals surface area contributed by atoms with Gasteiger partial charge >= 0.3 is 18.5 Å². The van der Waals surface area contributed by atoms with E-state index in [2.05, 4.69) is 14.5 Å². The van der Waals surface area contributed by atoms with Crippen LogP contribution >= 0.6 is 0 Å². The third-order valence-corrected chi connectivity index (χ3v) is 2.16. The average Bonchev–Trinajstić information content (AvgIpc) is 2.34. The van der Waals surface area contributed by atoms with Gasteiger partial charge in [-0.05, 0) is 6.07 Å². The van der Waals surface area contributed by atoms with Crippen LogP contribution in [0.5, 0.6) is 5.75 Å². The van der Waals surface area contributed by atoms with Gasteiger partial charge in [0.05, 0.1) is 7.11 Å². The smallest absolute Gasteiger partial charge is 0.464 e. The quantitative estimate of drug-likeness (QED) is 0.683. The molecule has 0 amide bonds. The van der Waals surface area contributed by atoms with Crippen molar-refractivity contribution in [3.63, 3.8) is 0 Å². The molecule has 0 radical (unpaired) electrons. The highest BCUT2D eigenvalue weighted by Crippen LogP contribution is 2.35. The molecule has 0 fully saturated rings. The Hall–Kier alpha value is -2.04. The van der Waals surface area contributed by atoms with Gasteiger partial charge in [-0.3, -0.25) is 0 Å². The highest BCUT2D eigenvalue weighted by Gasteiger charge is 2.39. The van der Waals surface area contributed by atoms with Crippen LogP contribution in [0, 0.1) is 0 Å². The second-order valence-corrected chi connectivity index (χ2v) is 3.59. The number of methoxy groups -OCH3 is 1. The van der Waals surface area contributed by atoms with Crippen LogP contribution in [-0.2, 0) is 17.5 Å². The Bertz CT molecular complexity index is 541. The number of carbonyl (C=O) groups is 1. The molecule has 0 aliphatic carbocycles. The van der Waals surface area contributed by atoms with Crippen molar-refractivity contribution in [3.8, 4) is 5.75 Å². The molecule has 5 nitrogen and oxygen atoms in total. The van der Waals surface area contributed by atoms with Crippen molar-refractivity contribution in [1.82, 2.24) is 4.98 Å². The van der Waals surface area contributed by atoms with Gasteiger partial charge in [0.25, 0.3) is 0 Å². The highest BCUT2D eigenvalue weighted by atomic mass is 19.4. The van der Waals surface area contributed by atoms with Crippen LogP contribution in [0.25, 0.3) is 0 Å². The molecular weight excluding hydrogens is 310 g/mol. The van der Waals surface area contributed by atoms with Gasteiger partial charge in [0, 0.05) is 12.1 Å². The molecule has 1 aromatic heterocycles. The van der Waals surface area contributed by atoms with E-state index in [9.17, 15) is 31.1 Å². The molecule has 0 spiro atoms. The minimum atomic E-state index is -5.24. The van der Waals surface area contributed by atoms with Crippen LogP contribution in [0.15, 0.2) is 6.07 Å². The number of nitrogens with zero attached hydrogens (tertiary/aromatic N) is 1. The Balaban J connectivity index is 3.56. The van der Waals surface area contributed by atoms with E-state index in [0.29, 0.717) is 0 Å². The van der Waals surface area contributed by atoms with Crippen molar-refractivity contribution in [1.29, 1.82) is 0 Å². The number of aromatic nitrogens is 1. The van der Waals surface area contributed by atoms with E-state index in [0.717, 1.165) is 7.11 Å². The number of ether oxygens (including phenoxy) is 2. The zero-order valence-electron chi connectivity index (χ0n) is 10.3. The number of carbonyl (C=O) groups excluding carboxylic acids is 1. The normalized spacial score (nSPS) is 12.2. The number of rotatable bonds is 3. The standard InChI is InChI=1S/C10H8F6N2O3/c1-20-8(19)6-7(21-10(14,15)16)4(3-17)2-5(18-6)9(11,12)13/h2H,3,17H2,1H3. The van der Waals surface area contributed by atoms with Crippen LogP contribution in [-0.4, -0.2) is 24.4 Å². The Morgan fingerprint density at radius 1 is 1.29 bits per heavy atom. The molecule has 0 aliphatic heterocycles. The monoisotopic (exact) mass is 318 g/mol. The molecule has 1 aromatic rings. The maximum absolute atomic E-state index is 12.6. The molecule has 0 saturated heterocycles. The minimum Gasteiger partial charge on any atom is -0.464 e. The van der Waals surface area contributed by atoms with Crippen LogP contribution < -0.4 is 10.5 Å². The summed E-state index contributed by atoms with van der Waals surface area (Å²) >= 11 is 0. The second-order valence-electron chi connectivity index (χ2n) is 3.59. The van der Waals surface area contributed by atoms with E-state index in [-0.39, 0.29) is 6.07 Å². The summed E-state index contributed by atoms with van der Waals surface area (Å²) < 4.78 is 82.3. The van der Waals surface area contributed by atoms with Gasteiger partial charge in [0.1, 0.15) is 5.69 Å². The number of esters is 1. The van der Waals surface area contributed by atoms with E-state index >= 15 is 0 Å². The van der Waals surface area contributed by atoms with E-state index in [1.165, 1.54) is 0 Å². The van der Waals surface area contributed by atoms with Gasteiger partial charge in [-0.15, -0.1) is 13.2 Å². The summed E-state index contributed by atoms with van der Waals surface area (Å²) in [5.74, 6) is -2.74. The molecule has 0 unspecified atom stereocenters. The number of hydrogen-bond acceptors (Lipinski definition) is 5. The lowest BCUT2D eigenvalue weighted by Gasteiger charge is -2.17. The molecule has 1 rings (SSSR count). The van der Waals surface area contributed by atoms with Crippen molar-refractivity contribution in [2.75, 3.05) is 7.11 Å². The first-order valence-corrected chi connectivity index (χ1v) is 5.15. The Labute approximate surface area is 113 Å².